The van der Waals surface area contributed by atoms with Gasteiger partial charge in [-0.15, -0.1) is 0 Å². The molecule has 0 aliphatic rings. The van der Waals surface area contributed by atoms with E-state index in [4.69, 9.17) is 4.42 Å². The van der Waals surface area contributed by atoms with Crippen molar-refractivity contribution in [1.29, 1.82) is 0 Å². The molecule has 1 aromatic rings. The van der Waals surface area contributed by atoms with Crippen LogP contribution in [0.5, 0.6) is 0 Å². The first-order valence-corrected chi connectivity index (χ1v) is 2.86. The van der Waals surface area contributed by atoms with Crippen molar-refractivity contribution in [2.75, 3.05) is 0 Å². The second-order valence-electron chi connectivity index (χ2n) is 1.18. The molecule has 0 bridgehead atoms. The Morgan fingerprint density at radius 2 is 2.62 bits per heavy atom. The zero-order valence-corrected chi connectivity index (χ0v) is 4.89. The summed E-state index contributed by atoms with van der Waals surface area (Å²) in [6.45, 7) is 0. The van der Waals surface area contributed by atoms with Crippen molar-refractivity contribution in [2.24, 2.45) is 0 Å². The van der Waals surface area contributed by atoms with Crippen LogP contribution in [-0.4, -0.2) is 0 Å². The molecule has 0 aromatic carbocycles. The van der Waals surface area contributed by atoms with Crippen LogP contribution in [0.3, 0.4) is 0 Å². The van der Waals surface area contributed by atoms with Gasteiger partial charge in [-0.2, -0.15) is 0 Å². The molecule has 2 nitrogen and oxygen atoms in total. The predicted molar refractivity (Wildman–Crippen MR) is 29.3 cm³/mol. The van der Waals surface area contributed by atoms with Crippen LogP contribution >= 0.6 is 7.92 Å². The van der Waals surface area contributed by atoms with Gasteiger partial charge in [0.1, 0.15) is 0 Å². The maximum absolute atomic E-state index is 9.80. The molecule has 0 aliphatic heterocycles. The van der Waals surface area contributed by atoms with Crippen LogP contribution in [0.15, 0.2) is 22.8 Å². The summed E-state index contributed by atoms with van der Waals surface area (Å²) < 4.78 is 14.6. The number of furan rings is 1. The fourth-order valence-corrected chi connectivity index (χ4v) is 0.604. The Bertz CT molecular complexity index is 243. The summed E-state index contributed by atoms with van der Waals surface area (Å²) in [5, 5.41) is 0. The molecule has 0 spiro atoms. The average molecular weight is 126 g/mol. The van der Waals surface area contributed by atoms with E-state index in [2.05, 4.69) is 5.63 Å². The third kappa shape index (κ3) is 1.13. The molecule has 0 atom stereocenters. The fourth-order valence-electron chi connectivity index (χ4n) is 0.387. The first-order chi connectivity index (χ1) is 3.93. The molecule has 1 aromatic heterocycles. The molecule has 0 unspecified atom stereocenters. The summed E-state index contributed by atoms with van der Waals surface area (Å²) in [6, 6.07) is 3.40. The van der Waals surface area contributed by atoms with Gasteiger partial charge in [-0.05, 0) is 0 Å². The normalized spacial score (nSPS) is 8.00. The first-order valence-electron chi connectivity index (χ1n) is 2.05. The second-order valence-corrected chi connectivity index (χ2v) is 1.59. The van der Waals surface area contributed by atoms with E-state index < -0.39 is 0 Å². The minimum absolute atomic E-state index is 0.138. The van der Waals surface area contributed by atoms with Crippen LogP contribution in [0.4, 0.5) is 0 Å². The molecule has 0 fully saturated rings. The van der Waals surface area contributed by atoms with Crippen LogP contribution in [0, 0.1) is 5.63 Å². The van der Waals surface area contributed by atoms with Crippen molar-refractivity contribution in [3.63, 3.8) is 0 Å². The summed E-state index contributed by atoms with van der Waals surface area (Å²) >= 11 is 0. The molecule has 0 radical (unpaired) electrons. The molecular weight excluding hydrogens is 123 g/mol. The van der Waals surface area contributed by atoms with Gasteiger partial charge in [0.2, 0.25) is 0 Å². The molecule has 0 saturated carbocycles. The van der Waals surface area contributed by atoms with Gasteiger partial charge in [0, 0.05) is 0 Å². The molecule has 0 aliphatic carbocycles. The molecule has 0 saturated heterocycles. The fraction of sp³-hybridized carbons (Fsp3) is 0. The van der Waals surface area contributed by atoms with Gasteiger partial charge in [0.05, 0.1) is 0 Å². The number of rotatable bonds is 0. The van der Waals surface area contributed by atoms with Crippen molar-refractivity contribution in [3.05, 3.63) is 24.2 Å². The van der Waals surface area contributed by atoms with E-state index >= 15 is 0 Å². The zero-order chi connectivity index (χ0) is 5.82. The molecule has 1 rings (SSSR count). The summed E-state index contributed by atoms with van der Waals surface area (Å²) in [6.07, 6.45) is 1.51. The monoisotopic (exact) mass is 126 g/mol. The Labute approximate surface area is 47.6 Å². The van der Waals surface area contributed by atoms with Crippen molar-refractivity contribution in [2.45, 2.75) is 0 Å². The summed E-state index contributed by atoms with van der Waals surface area (Å²) in [5.41, 5.74) is 2.44. The van der Waals surface area contributed by atoms with E-state index in [9.17, 15) is 4.57 Å². The van der Waals surface area contributed by atoms with Crippen LogP contribution in [0.2, 0.25) is 0 Å². The molecule has 0 amide bonds. The molecule has 40 valence electrons. The Morgan fingerprint density at radius 1 is 1.75 bits per heavy atom. The van der Waals surface area contributed by atoms with Gasteiger partial charge in [-0.25, -0.2) is 0 Å². The quantitative estimate of drug-likeness (QED) is 0.496. The Morgan fingerprint density at radius 3 is 3.12 bits per heavy atom. The van der Waals surface area contributed by atoms with Gasteiger partial charge >= 0.3 is 46.7 Å². The average Bonchev–Trinajstić information content (AvgIpc) is 2.19. The molecular formula is C5H3O2P. The van der Waals surface area contributed by atoms with Gasteiger partial charge in [0.15, 0.2) is 0 Å². The van der Waals surface area contributed by atoms with Crippen molar-refractivity contribution in [1.82, 2.24) is 0 Å². The Hall–Kier alpha value is -0.710. The minimum atomic E-state index is -0.138. The predicted octanol–water partition coefficient (Wildman–Crippen LogP) is 1.88. The van der Waals surface area contributed by atoms with Crippen LogP contribution < -0.4 is 0 Å². The number of hydrogen-bond donors (Lipinski definition) is 0. The van der Waals surface area contributed by atoms with E-state index in [-0.39, 0.29) is 7.92 Å². The Kier molecular flexibility index (Phi) is 1.74. The summed E-state index contributed by atoms with van der Waals surface area (Å²) in [7, 11) is -0.138. The van der Waals surface area contributed by atoms with Gasteiger partial charge in [0.25, 0.3) is 0 Å². The molecule has 0 N–H and O–H groups in total. The maximum atomic E-state index is 9.80. The van der Waals surface area contributed by atoms with Crippen molar-refractivity contribution in [3.8, 4) is 5.63 Å². The third-order valence-corrected chi connectivity index (χ3v) is 0.989. The summed E-state index contributed by atoms with van der Waals surface area (Å²) in [5.74, 6) is 0.515. The standard InChI is InChI=1S/C5H3O2P/c6-8-4-5-2-1-3-7-5/h1-3H. The van der Waals surface area contributed by atoms with Crippen molar-refractivity contribution < 1.29 is 8.98 Å². The van der Waals surface area contributed by atoms with Crippen LogP contribution in [0.1, 0.15) is 5.76 Å². The molecule has 8 heavy (non-hydrogen) atoms. The van der Waals surface area contributed by atoms with E-state index in [1.54, 1.807) is 12.1 Å². The van der Waals surface area contributed by atoms with E-state index in [1.807, 2.05) is 0 Å². The van der Waals surface area contributed by atoms with Crippen LogP contribution in [0.25, 0.3) is 0 Å². The summed E-state index contributed by atoms with van der Waals surface area (Å²) in [4.78, 5) is 0. The number of hydrogen-bond acceptors (Lipinski definition) is 2. The zero-order valence-electron chi connectivity index (χ0n) is 4.00. The van der Waals surface area contributed by atoms with E-state index in [1.165, 1.54) is 6.26 Å². The van der Waals surface area contributed by atoms with E-state index in [0.29, 0.717) is 5.76 Å². The van der Waals surface area contributed by atoms with Crippen molar-refractivity contribution >= 4 is 7.92 Å². The molecule has 1 heterocycles. The first kappa shape index (κ1) is 5.43. The van der Waals surface area contributed by atoms with Gasteiger partial charge in [-0.3, -0.25) is 0 Å². The third-order valence-electron chi connectivity index (χ3n) is 0.677. The topological polar surface area (TPSA) is 30.2 Å². The van der Waals surface area contributed by atoms with Crippen LogP contribution in [-0.2, 0) is 4.57 Å². The van der Waals surface area contributed by atoms with Gasteiger partial charge in [-0.1, -0.05) is 0 Å². The van der Waals surface area contributed by atoms with Gasteiger partial charge < -0.3 is 0 Å². The van der Waals surface area contributed by atoms with E-state index in [0.717, 1.165) is 0 Å². The Balaban J connectivity index is 3.04. The molecule has 3 heteroatoms. The second kappa shape index (κ2) is 2.56. The SMILES string of the molecule is O=P#Cc1ccco1.